The minimum Gasteiger partial charge on any atom is -0.497 e. The summed E-state index contributed by atoms with van der Waals surface area (Å²) in [5.41, 5.74) is 4.28. The Kier molecular flexibility index (Phi) is 6.03. The van der Waals surface area contributed by atoms with Crippen LogP contribution in [0, 0.1) is 5.92 Å². The van der Waals surface area contributed by atoms with Crippen LogP contribution >= 0.6 is 0 Å². The highest BCUT2D eigenvalue weighted by Gasteiger charge is 2.41. The molecule has 1 amide bonds. The third-order valence-corrected chi connectivity index (χ3v) is 6.68. The monoisotopic (exact) mass is 468 g/mol. The molecule has 178 valence electrons. The summed E-state index contributed by atoms with van der Waals surface area (Å²) in [4.78, 5) is 29.6. The fourth-order valence-electron chi connectivity index (χ4n) is 5.06. The largest absolute Gasteiger partial charge is 0.497 e. The Morgan fingerprint density at radius 1 is 0.914 bits per heavy atom. The summed E-state index contributed by atoms with van der Waals surface area (Å²) >= 11 is 0. The fourth-order valence-corrected chi connectivity index (χ4v) is 5.06. The van der Waals surface area contributed by atoms with Gasteiger partial charge in [-0.2, -0.15) is 0 Å². The molecule has 6 heteroatoms. The van der Waals surface area contributed by atoms with Crippen molar-refractivity contribution in [1.82, 2.24) is 0 Å². The number of carbonyl (C=O) groups is 2. The molecular weight excluding hydrogens is 440 g/mol. The van der Waals surface area contributed by atoms with Crippen LogP contribution in [-0.4, -0.2) is 25.9 Å². The molecular formula is C29H28N2O4. The van der Waals surface area contributed by atoms with E-state index in [0.29, 0.717) is 34.7 Å². The molecule has 5 rings (SSSR count). The van der Waals surface area contributed by atoms with E-state index in [4.69, 9.17) is 9.47 Å². The van der Waals surface area contributed by atoms with Crippen LogP contribution in [0.25, 0.3) is 0 Å². The van der Waals surface area contributed by atoms with Crippen molar-refractivity contribution in [2.45, 2.75) is 25.8 Å². The first-order valence-electron chi connectivity index (χ1n) is 11.7. The normalized spacial score (nSPS) is 19.3. The molecule has 3 aromatic rings. The van der Waals surface area contributed by atoms with Crippen LogP contribution in [0.1, 0.15) is 41.7 Å². The van der Waals surface area contributed by atoms with Crippen molar-refractivity contribution >= 4 is 23.1 Å². The number of ether oxygens (including phenoxy) is 2. The lowest BCUT2D eigenvalue weighted by atomic mass is 9.81. The van der Waals surface area contributed by atoms with Gasteiger partial charge in [-0.3, -0.25) is 14.5 Å². The molecule has 35 heavy (non-hydrogen) atoms. The first-order chi connectivity index (χ1) is 17.0. The number of rotatable bonds is 4. The van der Waals surface area contributed by atoms with Gasteiger partial charge < -0.3 is 14.8 Å². The molecule has 1 aliphatic heterocycles. The average molecular weight is 469 g/mol. The Morgan fingerprint density at radius 3 is 2.37 bits per heavy atom. The minimum absolute atomic E-state index is 0.0534. The van der Waals surface area contributed by atoms with E-state index in [9.17, 15) is 9.59 Å². The molecule has 3 aromatic carbocycles. The topological polar surface area (TPSA) is 67.9 Å². The van der Waals surface area contributed by atoms with Gasteiger partial charge >= 0.3 is 0 Å². The summed E-state index contributed by atoms with van der Waals surface area (Å²) in [5, 5.41) is 3.52. The Bertz CT molecular complexity index is 1310. The van der Waals surface area contributed by atoms with Crippen LogP contribution in [0.3, 0.4) is 0 Å². The van der Waals surface area contributed by atoms with Crippen LogP contribution < -0.4 is 19.7 Å². The quantitative estimate of drug-likeness (QED) is 0.526. The van der Waals surface area contributed by atoms with Crippen molar-refractivity contribution in [1.29, 1.82) is 0 Å². The molecule has 1 aliphatic carbocycles. The average Bonchev–Trinajstić information content (AvgIpc) is 3.02. The minimum atomic E-state index is -0.607. The van der Waals surface area contributed by atoms with E-state index < -0.39 is 6.04 Å². The number of benzene rings is 3. The Balaban J connectivity index is 1.78. The van der Waals surface area contributed by atoms with Gasteiger partial charge in [0.1, 0.15) is 11.5 Å². The van der Waals surface area contributed by atoms with Crippen molar-refractivity contribution < 1.29 is 19.1 Å². The van der Waals surface area contributed by atoms with Crippen LogP contribution in [-0.2, 0) is 4.79 Å². The van der Waals surface area contributed by atoms with Gasteiger partial charge in [0.05, 0.1) is 37.2 Å². The van der Waals surface area contributed by atoms with Crippen LogP contribution in [0.15, 0.2) is 84.1 Å². The standard InChI is InChI=1S/C29H28N2O4/c1-18-16-23-27(25(32)17-18)28(19-12-14-20(34-2)15-13-19)31(24-10-6-5-9-22(24)30-23)29(33)21-8-4-7-11-26(21)35-3/h4-15,18,28,30H,16-17H2,1-3H3. The van der Waals surface area contributed by atoms with E-state index in [1.165, 1.54) is 0 Å². The first kappa shape index (κ1) is 22.7. The number of hydrogen-bond donors (Lipinski definition) is 1. The Hall–Kier alpha value is -4.06. The molecule has 0 saturated heterocycles. The molecule has 2 unspecified atom stereocenters. The van der Waals surface area contributed by atoms with E-state index in [-0.39, 0.29) is 17.6 Å². The third-order valence-electron chi connectivity index (χ3n) is 6.68. The highest BCUT2D eigenvalue weighted by Crippen LogP contribution is 2.46. The number of hydrogen-bond acceptors (Lipinski definition) is 5. The van der Waals surface area contributed by atoms with E-state index in [1.807, 2.05) is 60.7 Å². The Labute approximate surface area is 205 Å². The van der Waals surface area contributed by atoms with E-state index in [0.717, 1.165) is 23.4 Å². The van der Waals surface area contributed by atoms with Gasteiger partial charge in [0.15, 0.2) is 5.78 Å². The van der Waals surface area contributed by atoms with Gasteiger partial charge in [0.2, 0.25) is 0 Å². The predicted molar refractivity (Wildman–Crippen MR) is 136 cm³/mol. The van der Waals surface area contributed by atoms with Crippen LogP contribution in [0.2, 0.25) is 0 Å². The number of fused-ring (bicyclic) bond motifs is 1. The molecule has 0 aromatic heterocycles. The maximum atomic E-state index is 14.3. The molecule has 1 heterocycles. The zero-order valence-corrected chi connectivity index (χ0v) is 20.1. The van der Waals surface area contributed by atoms with Gasteiger partial charge in [-0.15, -0.1) is 0 Å². The molecule has 6 nitrogen and oxygen atoms in total. The van der Waals surface area contributed by atoms with Crippen molar-refractivity contribution in [3.63, 3.8) is 0 Å². The fraction of sp³-hybridized carbons (Fsp3) is 0.241. The zero-order chi connectivity index (χ0) is 24.5. The third kappa shape index (κ3) is 4.05. The lowest BCUT2D eigenvalue weighted by Crippen LogP contribution is -2.38. The second kappa shape index (κ2) is 9.29. The second-order valence-electron chi connectivity index (χ2n) is 9.02. The summed E-state index contributed by atoms with van der Waals surface area (Å²) in [6, 6.07) is 21.9. The number of amides is 1. The van der Waals surface area contributed by atoms with Gasteiger partial charge in [0, 0.05) is 17.7 Å². The van der Waals surface area contributed by atoms with E-state index in [2.05, 4.69) is 12.2 Å². The lowest BCUT2D eigenvalue weighted by Gasteiger charge is -2.35. The van der Waals surface area contributed by atoms with Crippen LogP contribution in [0.5, 0.6) is 11.5 Å². The summed E-state index contributed by atoms with van der Waals surface area (Å²) in [7, 11) is 3.17. The van der Waals surface area contributed by atoms with E-state index in [1.54, 1.807) is 31.3 Å². The predicted octanol–water partition coefficient (Wildman–Crippen LogP) is 5.77. The molecule has 0 radical (unpaired) electrons. The van der Waals surface area contributed by atoms with Gasteiger partial charge in [-0.25, -0.2) is 0 Å². The van der Waals surface area contributed by atoms with Crippen molar-refractivity contribution in [2.24, 2.45) is 5.92 Å². The highest BCUT2D eigenvalue weighted by molar-refractivity contribution is 6.13. The summed E-state index contributed by atoms with van der Waals surface area (Å²) in [6.07, 6.45) is 1.18. The van der Waals surface area contributed by atoms with Crippen molar-refractivity contribution in [3.05, 3.63) is 95.2 Å². The highest BCUT2D eigenvalue weighted by atomic mass is 16.5. The van der Waals surface area contributed by atoms with Gasteiger partial charge in [-0.1, -0.05) is 43.3 Å². The first-order valence-corrected chi connectivity index (χ1v) is 11.7. The number of methoxy groups -OCH3 is 2. The second-order valence-corrected chi connectivity index (χ2v) is 9.02. The molecule has 1 N–H and O–H groups in total. The maximum absolute atomic E-state index is 14.3. The number of carbonyl (C=O) groups excluding carboxylic acids is 2. The van der Waals surface area contributed by atoms with Crippen LogP contribution in [0.4, 0.5) is 11.4 Å². The smallest absolute Gasteiger partial charge is 0.262 e. The number of Topliss-reactive ketones (excluding diaryl/α,β-unsaturated/α-hetero) is 1. The molecule has 0 saturated carbocycles. The summed E-state index contributed by atoms with van der Waals surface area (Å²) in [5.74, 6) is 1.23. The Morgan fingerprint density at radius 2 is 1.63 bits per heavy atom. The number of nitrogens with one attached hydrogen (secondary N) is 1. The SMILES string of the molecule is COc1ccc(C2C3=C(CC(C)CC3=O)Nc3ccccc3N2C(=O)c2ccccc2OC)cc1. The number of anilines is 2. The molecule has 0 fully saturated rings. The van der Waals surface area contributed by atoms with Gasteiger partial charge in [-0.05, 0) is 54.3 Å². The summed E-state index contributed by atoms with van der Waals surface area (Å²) < 4.78 is 10.9. The molecule has 2 atom stereocenters. The zero-order valence-electron chi connectivity index (χ0n) is 20.1. The number of nitrogens with zero attached hydrogens (tertiary/aromatic N) is 1. The van der Waals surface area contributed by atoms with E-state index >= 15 is 0 Å². The number of allylic oxidation sites excluding steroid dienone is 1. The number of para-hydroxylation sites is 3. The molecule has 2 aliphatic rings. The lowest BCUT2D eigenvalue weighted by molar-refractivity contribution is -0.117. The maximum Gasteiger partial charge on any atom is 0.262 e. The van der Waals surface area contributed by atoms with Gasteiger partial charge in [0.25, 0.3) is 5.91 Å². The summed E-state index contributed by atoms with van der Waals surface area (Å²) in [6.45, 7) is 2.08. The number of ketones is 1. The van der Waals surface area contributed by atoms with Crippen molar-refractivity contribution in [3.8, 4) is 11.5 Å². The molecule has 0 spiro atoms. The van der Waals surface area contributed by atoms with Crippen molar-refractivity contribution in [2.75, 3.05) is 24.4 Å². The molecule has 0 bridgehead atoms.